The largest absolute Gasteiger partial charge is 0.481 e. The first-order valence-corrected chi connectivity index (χ1v) is 5.65. The monoisotopic (exact) mass is 228 g/mol. The molecule has 5 nitrogen and oxygen atoms in total. The SMILES string of the molecule is CC(C)(CC(=O)O)NC(=O)C1CCCNC1. The number of carbonyl (C=O) groups excluding carboxylic acids is 1. The van der Waals surface area contributed by atoms with E-state index >= 15 is 0 Å². The molecule has 16 heavy (non-hydrogen) atoms. The Morgan fingerprint density at radius 3 is 2.69 bits per heavy atom. The zero-order chi connectivity index (χ0) is 12.2. The molecular weight excluding hydrogens is 208 g/mol. The molecule has 1 saturated heterocycles. The second kappa shape index (κ2) is 5.30. The molecule has 0 aromatic heterocycles. The van der Waals surface area contributed by atoms with Gasteiger partial charge in [-0.05, 0) is 33.2 Å². The first-order chi connectivity index (χ1) is 7.41. The number of aliphatic carboxylic acids is 1. The normalized spacial score (nSPS) is 21.5. The Balaban J connectivity index is 2.45. The van der Waals surface area contributed by atoms with Crippen LogP contribution in [-0.2, 0) is 9.59 Å². The van der Waals surface area contributed by atoms with Crippen molar-refractivity contribution in [3.63, 3.8) is 0 Å². The fourth-order valence-electron chi connectivity index (χ4n) is 1.93. The molecule has 0 aromatic carbocycles. The Bertz CT molecular complexity index is 270. The van der Waals surface area contributed by atoms with Gasteiger partial charge in [-0.2, -0.15) is 0 Å². The Morgan fingerprint density at radius 1 is 1.50 bits per heavy atom. The summed E-state index contributed by atoms with van der Waals surface area (Å²) in [6, 6.07) is 0. The zero-order valence-electron chi connectivity index (χ0n) is 9.88. The lowest BCUT2D eigenvalue weighted by Crippen LogP contribution is -2.50. The molecule has 0 spiro atoms. The van der Waals surface area contributed by atoms with Crippen LogP contribution in [0.1, 0.15) is 33.1 Å². The van der Waals surface area contributed by atoms with E-state index in [1.54, 1.807) is 13.8 Å². The molecule has 92 valence electrons. The molecule has 1 aliphatic heterocycles. The number of carboxylic acids is 1. The van der Waals surface area contributed by atoms with Crippen LogP contribution in [0.2, 0.25) is 0 Å². The van der Waals surface area contributed by atoms with Gasteiger partial charge in [0.05, 0.1) is 12.3 Å². The van der Waals surface area contributed by atoms with E-state index in [1.807, 2.05) is 0 Å². The average molecular weight is 228 g/mol. The topological polar surface area (TPSA) is 78.4 Å². The summed E-state index contributed by atoms with van der Waals surface area (Å²) in [6.07, 6.45) is 1.82. The minimum absolute atomic E-state index is 0.0261. The van der Waals surface area contributed by atoms with Crippen molar-refractivity contribution in [2.24, 2.45) is 5.92 Å². The molecule has 0 saturated carbocycles. The van der Waals surface area contributed by atoms with Crippen LogP contribution in [0.4, 0.5) is 0 Å². The highest BCUT2D eigenvalue weighted by Gasteiger charge is 2.28. The van der Waals surface area contributed by atoms with Crippen LogP contribution in [0, 0.1) is 5.92 Å². The molecule has 1 heterocycles. The molecule has 1 rings (SSSR count). The molecule has 0 radical (unpaired) electrons. The van der Waals surface area contributed by atoms with Crippen LogP contribution in [0.25, 0.3) is 0 Å². The summed E-state index contributed by atoms with van der Waals surface area (Å²) >= 11 is 0. The van der Waals surface area contributed by atoms with E-state index in [4.69, 9.17) is 5.11 Å². The third-order valence-electron chi connectivity index (χ3n) is 2.72. The second-order valence-corrected chi connectivity index (χ2v) is 4.99. The highest BCUT2D eigenvalue weighted by atomic mass is 16.4. The molecule has 0 aromatic rings. The van der Waals surface area contributed by atoms with Gasteiger partial charge in [0.2, 0.25) is 5.91 Å². The summed E-state index contributed by atoms with van der Waals surface area (Å²) in [5, 5.41) is 14.7. The van der Waals surface area contributed by atoms with Crippen LogP contribution < -0.4 is 10.6 Å². The lowest BCUT2D eigenvalue weighted by atomic mass is 9.95. The van der Waals surface area contributed by atoms with Crippen molar-refractivity contribution in [3.05, 3.63) is 0 Å². The molecule has 1 atom stereocenters. The number of piperidine rings is 1. The Hall–Kier alpha value is -1.10. The fourth-order valence-corrected chi connectivity index (χ4v) is 1.93. The van der Waals surface area contributed by atoms with Crippen LogP contribution in [0.5, 0.6) is 0 Å². The molecule has 1 aliphatic rings. The van der Waals surface area contributed by atoms with E-state index in [0.29, 0.717) is 6.54 Å². The van der Waals surface area contributed by atoms with Gasteiger partial charge in [0.1, 0.15) is 0 Å². The molecule has 0 bridgehead atoms. The van der Waals surface area contributed by atoms with Gasteiger partial charge in [-0.25, -0.2) is 0 Å². The predicted octanol–water partition coefficient (Wildman–Crippen LogP) is 0.356. The predicted molar refractivity (Wildman–Crippen MR) is 60.1 cm³/mol. The number of hydrogen-bond donors (Lipinski definition) is 3. The summed E-state index contributed by atoms with van der Waals surface area (Å²) in [5.74, 6) is -0.965. The molecule has 1 unspecified atom stereocenters. The Morgan fingerprint density at radius 2 is 2.19 bits per heavy atom. The Kier molecular flexibility index (Phi) is 4.29. The van der Waals surface area contributed by atoms with Gasteiger partial charge >= 0.3 is 5.97 Å². The van der Waals surface area contributed by atoms with Gasteiger partial charge < -0.3 is 15.7 Å². The third-order valence-corrected chi connectivity index (χ3v) is 2.72. The highest BCUT2D eigenvalue weighted by molar-refractivity contribution is 5.80. The zero-order valence-corrected chi connectivity index (χ0v) is 9.88. The van der Waals surface area contributed by atoms with E-state index in [2.05, 4.69) is 10.6 Å². The number of carboxylic acid groups (broad SMARTS) is 1. The van der Waals surface area contributed by atoms with Gasteiger partial charge in [0, 0.05) is 12.1 Å². The van der Waals surface area contributed by atoms with E-state index in [9.17, 15) is 9.59 Å². The average Bonchev–Trinajstić information content (AvgIpc) is 2.16. The maximum absolute atomic E-state index is 11.9. The molecule has 1 amide bonds. The third kappa shape index (κ3) is 4.18. The number of rotatable bonds is 4. The lowest BCUT2D eigenvalue weighted by molar-refractivity contribution is -0.139. The summed E-state index contributed by atoms with van der Waals surface area (Å²) in [5.41, 5.74) is -0.680. The Labute approximate surface area is 95.6 Å². The van der Waals surface area contributed by atoms with Crippen LogP contribution in [0.15, 0.2) is 0 Å². The van der Waals surface area contributed by atoms with E-state index in [-0.39, 0.29) is 18.2 Å². The van der Waals surface area contributed by atoms with Crippen LogP contribution in [-0.4, -0.2) is 35.6 Å². The van der Waals surface area contributed by atoms with Gasteiger partial charge in [-0.3, -0.25) is 9.59 Å². The maximum atomic E-state index is 11.9. The molecule has 5 heteroatoms. The fraction of sp³-hybridized carbons (Fsp3) is 0.818. The van der Waals surface area contributed by atoms with Gasteiger partial charge in [-0.15, -0.1) is 0 Å². The lowest BCUT2D eigenvalue weighted by Gasteiger charge is -2.29. The number of hydrogen-bond acceptors (Lipinski definition) is 3. The van der Waals surface area contributed by atoms with Crippen molar-refractivity contribution in [1.82, 2.24) is 10.6 Å². The maximum Gasteiger partial charge on any atom is 0.305 e. The first-order valence-electron chi connectivity index (χ1n) is 5.65. The van der Waals surface area contributed by atoms with Gasteiger partial charge in [0.15, 0.2) is 0 Å². The summed E-state index contributed by atoms with van der Waals surface area (Å²) in [4.78, 5) is 22.5. The minimum Gasteiger partial charge on any atom is -0.481 e. The molecule has 1 fully saturated rings. The number of nitrogens with one attached hydrogen (secondary N) is 2. The number of carbonyl (C=O) groups is 2. The summed E-state index contributed by atoms with van der Waals surface area (Å²) < 4.78 is 0. The smallest absolute Gasteiger partial charge is 0.305 e. The van der Waals surface area contributed by atoms with Crippen molar-refractivity contribution in [3.8, 4) is 0 Å². The van der Waals surface area contributed by atoms with Crippen molar-refractivity contribution in [1.29, 1.82) is 0 Å². The first kappa shape index (κ1) is 13.0. The quantitative estimate of drug-likeness (QED) is 0.649. The van der Waals surface area contributed by atoms with E-state index in [1.165, 1.54) is 0 Å². The second-order valence-electron chi connectivity index (χ2n) is 4.99. The standard InChI is InChI=1S/C11H20N2O3/c1-11(2,6-9(14)15)13-10(16)8-4-3-5-12-7-8/h8,12H,3-7H2,1-2H3,(H,13,16)(H,14,15). The number of amides is 1. The molecule has 3 N–H and O–H groups in total. The summed E-state index contributed by atoms with van der Waals surface area (Å²) in [6.45, 7) is 5.11. The van der Waals surface area contributed by atoms with Crippen molar-refractivity contribution in [2.45, 2.75) is 38.6 Å². The van der Waals surface area contributed by atoms with Crippen molar-refractivity contribution >= 4 is 11.9 Å². The van der Waals surface area contributed by atoms with Crippen molar-refractivity contribution < 1.29 is 14.7 Å². The van der Waals surface area contributed by atoms with Gasteiger partial charge in [-0.1, -0.05) is 0 Å². The van der Waals surface area contributed by atoms with Crippen molar-refractivity contribution in [2.75, 3.05) is 13.1 Å². The van der Waals surface area contributed by atoms with Crippen LogP contribution >= 0.6 is 0 Å². The van der Waals surface area contributed by atoms with Crippen LogP contribution in [0.3, 0.4) is 0 Å². The minimum atomic E-state index is -0.896. The molecular formula is C11H20N2O3. The summed E-state index contributed by atoms with van der Waals surface area (Å²) in [7, 11) is 0. The van der Waals surface area contributed by atoms with E-state index in [0.717, 1.165) is 19.4 Å². The van der Waals surface area contributed by atoms with Gasteiger partial charge in [0.25, 0.3) is 0 Å². The molecule has 0 aliphatic carbocycles. The van der Waals surface area contributed by atoms with E-state index < -0.39 is 11.5 Å². The highest BCUT2D eigenvalue weighted by Crippen LogP contribution is 2.14.